The summed E-state index contributed by atoms with van der Waals surface area (Å²) in [5.41, 5.74) is 2.91. The van der Waals surface area contributed by atoms with E-state index in [4.69, 9.17) is 14.7 Å². The van der Waals surface area contributed by atoms with E-state index in [1.807, 2.05) is 43.4 Å². The number of nitrogens with zero attached hydrogens (tertiary/aromatic N) is 7. The standard InChI is InChI=1S/C32H45N9O3/c1-22(2)27-20-33-41-29(27)36-32(44-26-13-17-39(5)18-14-26)37-31(41)35-24-10-6-9-23(19-24)30(43)34-25-11-7-16-40(21-25)28(42)12-8-15-38(3)4/h6,8-10,12,19-20,22,25-26H,7,11,13-18,21H2,1-5H3,(H,34,43)(H,35,36,37). The van der Waals surface area contributed by atoms with Gasteiger partial charge in [0.05, 0.1) is 6.20 Å². The molecular formula is C32H45N9O3. The highest BCUT2D eigenvalue weighted by molar-refractivity contribution is 5.95. The predicted molar refractivity (Wildman–Crippen MR) is 171 cm³/mol. The zero-order chi connectivity index (χ0) is 31.2. The lowest BCUT2D eigenvalue weighted by Gasteiger charge is -2.32. The van der Waals surface area contributed by atoms with E-state index in [0.29, 0.717) is 48.5 Å². The van der Waals surface area contributed by atoms with Crippen molar-refractivity contribution in [3.63, 3.8) is 0 Å². The highest BCUT2D eigenvalue weighted by Gasteiger charge is 2.25. The second-order valence-electron chi connectivity index (χ2n) is 12.4. The van der Waals surface area contributed by atoms with Crippen LogP contribution in [0.2, 0.25) is 0 Å². The van der Waals surface area contributed by atoms with Crippen LogP contribution in [0.25, 0.3) is 5.65 Å². The van der Waals surface area contributed by atoms with Crippen LogP contribution >= 0.6 is 0 Å². The number of fused-ring (bicyclic) bond motifs is 1. The maximum atomic E-state index is 13.3. The Balaban J connectivity index is 1.29. The van der Waals surface area contributed by atoms with Crippen molar-refractivity contribution in [2.24, 2.45) is 0 Å². The summed E-state index contributed by atoms with van der Waals surface area (Å²) >= 11 is 0. The molecule has 2 N–H and O–H groups in total. The summed E-state index contributed by atoms with van der Waals surface area (Å²) in [6.07, 6.45) is 8.86. The molecule has 2 aliphatic rings. The van der Waals surface area contributed by atoms with Crippen LogP contribution in [-0.2, 0) is 4.79 Å². The number of rotatable bonds is 10. The average Bonchev–Trinajstić information content (AvgIpc) is 3.43. The van der Waals surface area contributed by atoms with Crippen LogP contribution in [0.15, 0.2) is 42.6 Å². The summed E-state index contributed by atoms with van der Waals surface area (Å²) in [6.45, 7) is 8.05. The monoisotopic (exact) mass is 603 g/mol. The Hall–Kier alpha value is -4.03. The van der Waals surface area contributed by atoms with E-state index in [9.17, 15) is 9.59 Å². The lowest BCUT2D eigenvalue weighted by atomic mass is 10.0. The van der Waals surface area contributed by atoms with E-state index in [-0.39, 0.29) is 29.9 Å². The Kier molecular flexibility index (Phi) is 10.1. The number of carbonyl (C=O) groups is 2. The highest BCUT2D eigenvalue weighted by Crippen LogP contribution is 2.26. The number of hydrogen-bond donors (Lipinski definition) is 2. The molecule has 3 aromatic rings. The van der Waals surface area contributed by atoms with Crippen LogP contribution in [0.4, 0.5) is 11.6 Å². The third-order valence-corrected chi connectivity index (χ3v) is 8.11. The minimum atomic E-state index is -0.184. The van der Waals surface area contributed by atoms with Gasteiger partial charge in [0.25, 0.3) is 5.91 Å². The van der Waals surface area contributed by atoms with Crippen molar-refractivity contribution in [3.8, 4) is 6.01 Å². The van der Waals surface area contributed by atoms with Gasteiger partial charge in [-0.15, -0.1) is 0 Å². The number of nitrogens with one attached hydrogen (secondary N) is 2. The van der Waals surface area contributed by atoms with Crippen LogP contribution < -0.4 is 15.4 Å². The van der Waals surface area contributed by atoms with Gasteiger partial charge in [0, 0.05) is 61.7 Å². The number of aromatic nitrogens is 4. The molecule has 4 heterocycles. The molecule has 1 aromatic carbocycles. The number of anilines is 2. The quantitative estimate of drug-likeness (QED) is 0.337. The molecular weight excluding hydrogens is 558 g/mol. The first-order valence-electron chi connectivity index (χ1n) is 15.5. The molecule has 12 nitrogen and oxygen atoms in total. The van der Waals surface area contributed by atoms with E-state index in [2.05, 4.69) is 41.5 Å². The molecule has 2 fully saturated rings. The maximum absolute atomic E-state index is 13.3. The molecule has 1 atom stereocenters. The van der Waals surface area contributed by atoms with Crippen LogP contribution in [-0.4, -0.2) is 112 Å². The van der Waals surface area contributed by atoms with E-state index in [1.165, 1.54) is 0 Å². The molecule has 44 heavy (non-hydrogen) atoms. The van der Waals surface area contributed by atoms with E-state index in [1.54, 1.807) is 27.6 Å². The molecule has 0 spiro atoms. The second-order valence-corrected chi connectivity index (χ2v) is 12.4. The van der Waals surface area contributed by atoms with Crippen molar-refractivity contribution >= 4 is 29.1 Å². The number of benzene rings is 1. The zero-order valence-electron chi connectivity index (χ0n) is 26.5. The Morgan fingerprint density at radius 1 is 1.14 bits per heavy atom. The Morgan fingerprint density at radius 2 is 1.93 bits per heavy atom. The predicted octanol–water partition coefficient (Wildman–Crippen LogP) is 3.30. The summed E-state index contributed by atoms with van der Waals surface area (Å²) < 4.78 is 7.95. The van der Waals surface area contributed by atoms with Gasteiger partial charge in [-0.2, -0.15) is 19.6 Å². The Bertz CT molecular complexity index is 1480. The molecule has 12 heteroatoms. The van der Waals surface area contributed by atoms with Crippen molar-refractivity contribution in [1.82, 2.24) is 39.6 Å². The van der Waals surface area contributed by atoms with Gasteiger partial charge in [0.1, 0.15) is 6.10 Å². The normalized spacial score (nSPS) is 18.4. The van der Waals surface area contributed by atoms with Crippen LogP contribution in [0.1, 0.15) is 61.4 Å². The number of amides is 2. The minimum absolute atomic E-state index is 0.0217. The van der Waals surface area contributed by atoms with Crippen molar-refractivity contribution < 1.29 is 14.3 Å². The van der Waals surface area contributed by atoms with Gasteiger partial charge < -0.3 is 30.1 Å². The largest absolute Gasteiger partial charge is 0.460 e. The molecule has 236 valence electrons. The van der Waals surface area contributed by atoms with Gasteiger partial charge >= 0.3 is 6.01 Å². The van der Waals surface area contributed by atoms with E-state index in [0.717, 1.165) is 44.3 Å². The molecule has 1 unspecified atom stereocenters. The van der Waals surface area contributed by atoms with Gasteiger partial charge in [-0.1, -0.05) is 26.0 Å². The fraction of sp³-hybridized carbons (Fsp3) is 0.531. The molecule has 2 saturated heterocycles. The van der Waals surface area contributed by atoms with Gasteiger partial charge in [-0.3, -0.25) is 9.59 Å². The molecule has 5 rings (SSSR count). The van der Waals surface area contributed by atoms with Gasteiger partial charge in [0.15, 0.2) is 5.65 Å². The number of carbonyl (C=O) groups excluding carboxylic acids is 2. The second kappa shape index (κ2) is 14.2. The van der Waals surface area contributed by atoms with Crippen LogP contribution in [0.5, 0.6) is 6.01 Å². The highest BCUT2D eigenvalue weighted by atomic mass is 16.5. The lowest BCUT2D eigenvalue weighted by molar-refractivity contribution is -0.127. The summed E-state index contributed by atoms with van der Waals surface area (Å²) in [7, 11) is 6.04. The van der Waals surface area contributed by atoms with Crippen molar-refractivity contribution in [3.05, 3.63) is 53.7 Å². The van der Waals surface area contributed by atoms with Gasteiger partial charge in [0.2, 0.25) is 11.9 Å². The topological polar surface area (TPSA) is 120 Å². The molecule has 2 aliphatic heterocycles. The fourth-order valence-corrected chi connectivity index (χ4v) is 5.57. The van der Waals surface area contributed by atoms with E-state index < -0.39 is 0 Å². The summed E-state index contributed by atoms with van der Waals surface area (Å²) in [5.74, 6) is 0.479. The lowest BCUT2D eigenvalue weighted by Crippen LogP contribution is -2.49. The fourth-order valence-electron chi connectivity index (χ4n) is 5.57. The van der Waals surface area contributed by atoms with Crippen molar-refractivity contribution in [1.29, 1.82) is 0 Å². The number of hydrogen-bond acceptors (Lipinski definition) is 9. The summed E-state index contributed by atoms with van der Waals surface area (Å²) in [6, 6.07) is 7.50. The first-order valence-corrected chi connectivity index (χ1v) is 15.5. The first kappa shape index (κ1) is 31.4. The van der Waals surface area contributed by atoms with Gasteiger partial charge in [-0.25, -0.2) is 0 Å². The maximum Gasteiger partial charge on any atom is 0.322 e. The third-order valence-electron chi connectivity index (χ3n) is 8.11. The average molecular weight is 604 g/mol. The number of likely N-dealkylation sites (N-methyl/N-ethyl adjacent to an activating group) is 1. The van der Waals surface area contributed by atoms with Crippen LogP contribution in [0.3, 0.4) is 0 Å². The number of likely N-dealkylation sites (tertiary alicyclic amines) is 2. The first-order chi connectivity index (χ1) is 21.2. The molecule has 2 amide bonds. The third kappa shape index (κ3) is 7.92. The van der Waals surface area contributed by atoms with Crippen molar-refractivity contribution in [2.45, 2.75) is 57.6 Å². The molecule has 0 saturated carbocycles. The molecule has 2 aromatic heterocycles. The van der Waals surface area contributed by atoms with Gasteiger partial charge in [-0.05, 0) is 70.9 Å². The minimum Gasteiger partial charge on any atom is -0.460 e. The van der Waals surface area contributed by atoms with Crippen LogP contribution in [0, 0.1) is 0 Å². The smallest absolute Gasteiger partial charge is 0.322 e. The number of ether oxygens (including phenoxy) is 1. The summed E-state index contributed by atoms with van der Waals surface area (Å²) in [5, 5.41) is 11.0. The van der Waals surface area contributed by atoms with Crippen molar-refractivity contribution in [2.75, 3.05) is 59.2 Å². The Labute approximate surface area is 259 Å². The molecule has 0 aliphatic carbocycles. The Morgan fingerprint density at radius 3 is 2.68 bits per heavy atom. The zero-order valence-corrected chi connectivity index (χ0v) is 26.5. The SMILES string of the molecule is CC(C)c1cnn2c(Nc3cccc(C(=O)NC4CCCN(C(=O)C=CCN(C)C)C4)c3)nc(OC3CCN(C)CC3)nc12. The molecule has 0 radical (unpaired) electrons. The molecule has 0 bridgehead atoms. The number of piperidine rings is 2. The summed E-state index contributed by atoms with van der Waals surface area (Å²) in [4.78, 5) is 41.5. The van der Waals surface area contributed by atoms with E-state index >= 15 is 0 Å².